The number of unbranched alkanes of at least 4 members (excludes halogenated alkanes) is 9. The first-order valence-corrected chi connectivity index (χ1v) is 7.47. The Balaban J connectivity index is 0. The van der Waals surface area contributed by atoms with Gasteiger partial charge in [0.05, 0.1) is 6.26 Å². The minimum absolute atomic E-state index is 0.329. The Labute approximate surface area is 114 Å². The van der Waals surface area contributed by atoms with E-state index in [2.05, 4.69) is 25.2 Å². The first-order valence-electron chi connectivity index (χ1n) is 7.47. The van der Waals surface area contributed by atoms with Gasteiger partial charge < -0.3 is 4.74 Å². The van der Waals surface area contributed by atoms with E-state index in [4.69, 9.17) is 0 Å². The normalized spacial score (nSPS) is 9.28. The zero-order valence-electron chi connectivity index (χ0n) is 12.7. The summed E-state index contributed by atoms with van der Waals surface area (Å²) < 4.78 is 4.17. The van der Waals surface area contributed by atoms with Crippen molar-refractivity contribution in [2.45, 2.75) is 85.0 Å². The van der Waals surface area contributed by atoms with E-state index in [0.29, 0.717) is 0 Å². The van der Waals surface area contributed by atoms with E-state index in [1.165, 1.54) is 71.1 Å². The average molecular weight is 256 g/mol. The minimum atomic E-state index is -0.329. The molecule has 0 atom stereocenters. The third-order valence-corrected chi connectivity index (χ3v) is 2.71. The Morgan fingerprint density at radius 1 is 0.889 bits per heavy atom. The van der Waals surface area contributed by atoms with Gasteiger partial charge in [0.25, 0.3) is 0 Å². The van der Waals surface area contributed by atoms with Gasteiger partial charge in [0.15, 0.2) is 0 Å². The van der Waals surface area contributed by atoms with Crippen molar-refractivity contribution in [1.82, 2.24) is 0 Å². The summed E-state index contributed by atoms with van der Waals surface area (Å²) >= 11 is 0. The molecule has 0 aromatic rings. The summed E-state index contributed by atoms with van der Waals surface area (Å²) in [7, 11) is 0. The number of ether oxygens (including phenoxy) is 1. The summed E-state index contributed by atoms with van der Waals surface area (Å²) in [5, 5.41) is 0. The summed E-state index contributed by atoms with van der Waals surface area (Å²) in [4.78, 5) is 9.75. The SMILES string of the molecule is C=COC(C)=O.CCCCCCCCCCCC. The monoisotopic (exact) mass is 256 g/mol. The highest BCUT2D eigenvalue weighted by molar-refractivity contribution is 5.66. The van der Waals surface area contributed by atoms with Gasteiger partial charge in [0.2, 0.25) is 0 Å². The van der Waals surface area contributed by atoms with Crippen molar-refractivity contribution in [3.63, 3.8) is 0 Å². The molecule has 18 heavy (non-hydrogen) atoms. The molecule has 0 amide bonds. The summed E-state index contributed by atoms with van der Waals surface area (Å²) in [6.45, 7) is 9.04. The highest BCUT2D eigenvalue weighted by Gasteiger charge is 1.90. The van der Waals surface area contributed by atoms with Crippen molar-refractivity contribution in [1.29, 1.82) is 0 Å². The lowest BCUT2D eigenvalue weighted by Crippen LogP contribution is -1.87. The molecular formula is C16H32O2. The molecule has 0 aliphatic rings. The van der Waals surface area contributed by atoms with Gasteiger partial charge in [-0.15, -0.1) is 0 Å². The molecule has 0 aromatic carbocycles. The van der Waals surface area contributed by atoms with E-state index in [0.717, 1.165) is 6.26 Å². The quantitative estimate of drug-likeness (QED) is 0.288. The van der Waals surface area contributed by atoms with Gasteiger partial charge in [-0.1, -0.05) is 84.6 Å². The molecule has 0 saturated heterocycles. The second kappa shape index (κ2) is 18.6. The topological polar surface area (TPSA) is 26.3 Å². The Bertz CT molecular complexity index is 166. The van der Waals surface area contributed by atoms with Crippen LogP contribution >= 0.6 is 0 Å². The third kappa shape index (κ3) is 24.4. The number of rotatable bonds is 10. The Morgan fingerprint density at radius 3 is 1.39 bits per heavy atom. The van der Waals surface area contributed by atoms with Gasteiger partial charge in [-0.05, 0) is 0 Å². The summed E-state index contributed by atoms with van der Waals surface area (Å²) in [5.41, 5.74) is 0. The molecule has 0 spiro atoms. The molecule has 2 nitrogen and oxygen atoms in total. The maximum absolute atomic E-state index is 9.75. The first kappa shape index (κ1) is 19.5. The summed E-state index contributed by atoms with van der Waals surface area (Å²) in [5.74, 6) is -0.329. The molecular weight excluding hydrogens is 224 g/mol. The molecule has 0 aliphatic carbocycles. The lowest BCUT2D eigenvalue weighted by Gasteiger charge is -1.99. The molecule has 0 aromatic heterocycles. The van der Waals surface area contributed by atoms with Crippen molar-refractivity contribution < 1.29 is 9.53 Å². The maximum atomic E-state index is 9.75. The van der Waals surface area contributed by atoms with E-state index in [1.54, 1.807) is 0 Å². The Kier molecular flexibility index (Phi) is 20.2. The Hall–Kier alpha value is -0.790. The number of hydrogen-bond donors (Lipinski definition) is 0. The van der Waals surface area contributed by atoms with Gasteiger partial charge in [0, 0.05) is 6.92 Å². The minimum Gasteiger partial charge on any atom is -0.435 e. The fourth-order valence-corrected chi connectivity index (χ4v) is 1.68. The van der Waals surface area contributed by atoms with Crippen LogP contribution in [-0.4, -0.2) is 5.97 Å². The average Bonchev–Trinajstić information content (AvgIpc) is 2.33. The number of hydrogen-bond acceptors (Lipinski definition) is 2. The van der Waals surface area contributed by atoms with Crippen LogP contribution in [0.5, 0.6) is 0 Å². The molecule has 0 N–H and O–H groups in total. The van der Waals surface area contributed by atoms with Gasteiger partial charge in [0.1, 0.15) is 0 Å². The Morgan fingerprint density at radius 2 is 1.22 bits per heavy atom. The second-order valence-electron chi connectivity index (χ2n) is 4.60. The molecule has 108 valence electrons. The molecule has 0 aliphatic heterocycles. The summed E-state index contributed by atoms with van der Waals surface area (Å²) in [6, 6.07) is 0. The van der Waals surface area contributed by atoms with E-state index in [-0.39, 0.29) is 5.97 Å². The third-order valence-electron chi connectivity index (χ3n) is 2.71. The predicted molar refractivity (Wildman–Crippen MR) is 79.5 cm³/mol. The van der Waals surface area contributed by atoms with E-state index in [9.17, 15) is 4.79 Å². The fourth-order valence-electron chi connectivity index (χ4n) is 1.68. The van der Waals surface area contributed by atoms with Crippen molar-refractivity contribution in [2.75, 3.05) is 0 Å². The molecule has 0 radical (unpaired) electrons. The van der Waals surface area contributed by atoms with Crippen LogP contribution in [0.1, 0.15) is 85.0 Å². The van der Waals surface area contributed by atoms with Crippen molar-refractivity contribution >= 4 is 5.97 Å². The van der Waals surface area contributed by atoms with Gasteiger partial charge >= 0.3 is 5.97 Å². The number of carbonyl (C=O) groups is 1. The zero-order valence-corrected chi connectivity index (χ0v) is 12.7. The van der Waals surface area contributed by atoms with Crippen molar-refractivity contribution in [3.05, 3.63) is 12.8 Å². The van der Waals surface area contributed by atoms with Crippen LogP contribution in [0.2, 0.25) is 0 Å². The molecule has 0 unspecified atom stereocenters. The predicted octanol–water partition coefficient (Wildman–Crippen LogP) is 5.62. The van der Waals surface area contributed by atoms with Crippen LogP contribution in [0.25, 0.3) is 0 Å². The lowest BCUT2D eigenvalue weighted by atomic mass is 10.1. The van der Waals surface area contributed by atoms with Crippen molar-refractivity contribution in [2.24, 2.45) is 0 Å². The van der Waals surface area contributed by atoms with Crippen LogP contribution in [0.3, 0.4) is 0 Å². The van der Waals surface area contributed by atoms with Gasteiger partial charge in [-0.2, -0.15) is 0 Å². The molecule has 0 rings (SSSR count). The fraction of sp³-hybridized carbons (Fsp3) is 0.812. The highest BCUT2D eigenvalue weighted by atomic mass is 16.5. The van der Waals surface area contributed by atoms with Gasteiger partial charge in [-0.3, -0.25) is 4.79 Å². The van der Waals surface area contributed by atoms with E-state index in [1.807, 2.05) is 0 Å². The van der Waals surface area contributed by atoms with Crippen LogP contribution in [-0.2, 0) is 9.53 Å². The van der Waals surface area contributed by atoms with Crippen LogP contribution < -0.4 is 0 Å². The van der Waals surface area contributed by atoms with Gasteiger partial charge in [-0.25, -0.2) is 0 Å². The maximum Gasteiger partial charge on any atom is 0.307 e. The molecule has 0 bridgehead atoms. The largest absolute Gasteiger partial charge is 0.435 e. The standard InChI is InChI=1S/C12H26.C4H6O2/c1-3-5-7-9-11-12-10-8-6-4-2;1-3-6-4(2)5/h3-12H2,1-2H3;3H,1H2,2H3. The van der Waals surface area contributed by atoms with Crippen LogP contribution in [0, 0.1) is 0 Å². The summed E-state index contributed by atoms with van der Waals surface area (Å²) in [6.07, 6.45) is 15.5. The zero-order chi connectivity index (χ0) is 14.1. The highest BCUT2D eigenvalue weighted by Crippen LogP contribution is 2.09. The smallest absolute Gasteiger partial charge is 0.307 e. The molecule has 0 heterocycles. The lowest BCUT2D eigenvalue weighted by molar-refractivity contribution is -0.135. The van der Waals surface area contributed by atoms with Crippen LogP contribution in [0.15, 0.2) is 12.8 Å². The van der Waals surface area contributed by atoms with E-state index < -0.39 is 0 Å². The van der Waals surface area contributed by atoms with Crippen LogP contribution in [0.4, 0.5) is 0 Å². The first-order chi connectivity index (χ1) is 8.68. The molecule has 2 heteroatoms. The van der Waals surface area contributed by atoms with Crippen molar-refractivity contribution in [3.8, 4) is 0 Å². The molecule has 0 saturated carbocycles. The number of esters is 1. The number of carbonyl (C=O) groups excluding carboxylic acids is 1. The second-order valence-corrected chi connectivity index (χ2v) is 4.60. The molecule has 0 fully saturated rings. The van der Waals surface area contributed by atoms with E-state index >= 15 is 0 Å².